The normalized spacial score (nSPS) is 12.2. The lowest BCUT2D eigenvalue weighted by atomic mass is 10.3. The number of benzene rings is 1. The van der Waals surface area contributed by atoms with Crippen LogP contribution in [0.15, 0.2) is 24.3 Å². The molecule has 0 spiro atoms. The Labute approximate surface area is 101 Å². The predicted octanol–water partition coefficient (Wildman–Crippen LogP) is 2.01. The van der Waals surface area contributed by atoms with Crippen molar-refractivity contribution in [2.75, 3.05) is 13.2 Å². The van der Waals surface area contributed by atoms with Gasteiger partial charge in [-0.15, -0.1) is 11.3 Å². The zero-order chi connectivity index (χ0) is 12.3. The number of hydrogen-bond donors (Lipinski definition) is 2. The lowest BCUT2D eigenvalue weighted by Crippen LogP contribution is -2.35. The Balaban J connectivity index is 1.95. The van der Waals surface area contributed by atoms with E-state index in [1.54, 1.807) is 0 Å². The van der Waals surface area contributed by atoms with Gasteiger partial charge in [-0.05, 0) is 12.1 Å². The fourth-order valence-electron chi connectivity index (χ4n) is 1.40. The minimum Gasteiger partial charge on any atom is -0.390 e. The van der Waals surface area contributed by atoms with Crippen LogP contribution in [0.4, 0.5) is 8.78 Å². The van der Waals surface area contributed by atoms with E-state index in [0.717, 1.165) is 15.2 Å². The summed E-state index contributed by atoms with van der Waals surface area (Å²) in [5.41, 5.74) is 0.878. The van der Waals surface area contributed by atoms with Gasteiger partial charge in [0.15, 0.2) is 0 Å². The van der Waals surface area contributed by atoms with Crippen LogP contribution in [0, 0.1) is 0 Å². The molecule has 0 saturated heterocycles. The number of nitrogens with one attached hydrogen (secondary N) is 1. The van der Waals surface area contributed by atoms with Crippen molar-refractivity contribution in [3.63, 3.8) is 0 Å². The van der Waals surface area contributed by atoms with E-state index in [9.17, 15) is 8.78 Å². The van der Waals surface area contributed by atoms with E-state index in [0.29, 0.717) is 0 Å². The second-order valence-corrected chi connectivity index (χ2v) is 4.81. The molecule has 0 radical (unpaired) electrons. The summed E-state index contributed by atoms with van der Waals surface area (Å²) in [7, 11) is 0. The highest BCUT2D eigenvalue weighted by molar-refractivity contribution is 7.18. The first-order valence-electron chi connectivity index (χ1n) is 5.14. The Morgan fingerprint density at radius 2 is 2.12 bits per heavy atom. The number of nitrogens with zero attached hydrogens (tertiary/aromatic N) is 1. The maximum Gasteiger partial charge on any atom is 0.282 e. The minimum absolute atomic E-state index is 0.287. The number of aliphatic hydroxyl groups excluding tert-OH is 1. The highest BCUT2D eigenvalue weighted by Gasteiger charge is 2.26. The van der Waals surface area contributed by atoms with Crippen molar-refractivity contribution in [2.45, 2.75) is 12.5 Å². The predicted molar refractivity (Wildman–Crippen MR) is 63.4 cm³/mol. The van der Waals surface area contributed by atoms with E-state index >= 15 is 0 Å². The summed E-state index contributed by atoms with van der Waals surface area (Å²) < 4.78 is 26.5. The summed E-state index contributed by atoms with van der Waals surface area (Å²) >= 11 is 1.47. The molecule has 1 aromatic heterocycles. The minimum atomic E-state index is -3.07. The van der Waals surface area contributed by atoms with Crippen molar-refractivity contribution in [1.29, 1.82) is 0 Å². The van der Waals surface area contributed by atoms with Crippen LogP contribution in [0.3, 0.4) is 0 Å². The number of halogens is 2. The largest absolute Gasteiger partial charge is 0.390 e. The lowest BCUT2D eigenvalue weighted by molar-refractivity contribution is -0.0477. The lowest BCUT2D eigenvalue weighted by Gasteiger charge is -2.12. The molecular weight excluding hydrogens is 246 g/mol. The topological polar surface area (TPSA) is 45.1 Å². The monoisotopic (exact) mass is 258 g/mol. The maximum atomic E-state index is 12.7. The van der Waals surface area contributed by atoms with Gasteiger partial charge in [-0.3, -0.25) is 0 Å². The molecule has 0 atom stereocenters. The van der Waals surface area contributed by atoms with E-state index in [1.165, 1.54) is 11.3 Å². The van der Waals surface area contributed by atoms with Crippen molar-refractivity contribution in [3.8, 4) is 0 Å². The molecule has 0 aliphatic heterocycles. The van der Waals surface area contributed by atoms with Crippen molar-refractivity contribution < 1.29 is 13.9 Å². The molecule has 0 saturated carbocycles. The third-order valence-electron chi connectivity index (χ3n) is 2.23. The molecule has 1 heterocycles. The average Bonchev–Trinajstić information content (AvgIpc) is 2.71. The van der Waals surface area contributed by atoms with Gasteiger partial charge in [0, 0.05) is 6.54 Å². The smallest absolute Gasteiger partial charge is 0.282 e. The molecule has 17 heavy (non-hydrogen) atoms. The van der Waals surface area contributed by atoms with Gasteiger partial charge in [-0.1, -0.05) is 12.1 Å². The van der Waals surface area contributed by atoms with Gasteiger partial charge in [-0.2, -0.15) is 0 Å². The standard InChI is InChI=1S/C11H12F2N2OS/c12-11(13,7-16)6-14-5-10-15-8-3-1-2-4-9(8)17-10/h1-4,14,16H,5-7H2. The summed E-state index contributed by atoms with van der Waals surface area (Å²) in [5.74, 6) is -3.07. The Kier molecular flexibility index (Phi) is 3.66. The van der Waals surface area contributed by atoms with Crippen molar-refractivity contribution in [1.82, 2.24) is 10.3 Å². The van der Waals surface area contributed by atoms with Gasteiger partial charge in [0.1, 0.15) is 11.6 Å². The molecule has 0 aliphatic rings. The Morgan fingerprint density at radius 1 is 1.35 bits per heavy atom. The number of alkyl halides is 2. The van der Waals surface area contributed by atoms with Crippen LogP contribution in [-0.4, -0.2) is 29.2 Å². The van der Waals surface area contributed by atoms with Gasteiger partial charge in [0.25, 0.3) is 5.92 Å². The number of aromatic nitrogens is 1. The van der Waals surface area contributed by atoms with Gasteiger partial charge >= 0.3 is 0 Å². The first kappa shape index (κ1) is 12.3. The van der Waals surface area contributed by atoms with E-state index in [-0.39, 0.29) is 6.54 Å². The molecule has 92 valence electrons. The first-order valence-corrected chi connectivity index (χ1v) is 5.96. The zero-order valence-electron chi connectivity index (χ0n) is 8.99. The van der Waals surface area contributed by atoms with E-state index < -0.39 is 19.1 Å². The molecule has 0 aliphatic carbocycles. The number of para-hydroxylation sites is 1. The average molecular weight is 258 g/mol. The van der Waals surface area contributed by atoms with E-state index in [4.69, 9.17) is 5.11 Å². The van der Waals surface area contributed by atoms with Crippen LogP contribution in [0.5, 0.6) is 0 Å². The highest BCUT2D eigenvalue weighted by Crippen LogP contribution is 2.21. The molecule has 0 unspecified atom stereocenters. The molecule has 3 nitrogen and oxygen atoms in total. The maximum absolute atomic E-state index is 12.7. The first-order chi connectivity index (χ1) is 8.11. The van der Waals surface area contributed by atoms with Crippen molar-refractivity contribution >= 4 is 21.6 Å². The van der Waals surface area contributed by atoms with Crippen LogP contribution in [0.1, 0.15) is 5.01 Å². The Bertz CT molecular complexity index is 468. The molecule has 0 bridgehead atoms. The molecule has 0 amide bonds. The molecule has 6 heteroatoms. The van der Waals surface area contributed by atoms with Crippen LogP contribution < -0.4 is 5.32 Å². The van der Waals surface area contributed by atoms with Crippen LogP contribution in [0.25, 0.3) is 10.2 Å². The second-order valence-electron chi connectivity index (χ2n) is 3.69. The molecule has 0 fully saturated rings. The number of aliphatic hydroxyl groups is 1. The van der Waals surface area contributed by atoms with Gasteiger partial charge < -0.3 is 10.4 Å². The van der Waals surface area contributed by atoms with Crippen molar-refractivity contribution in [3.05, 3.63) is 29.3 Å². The number of thiazole rings is 1. The number of fused-ring (bicyclic) bond motifs is 1. The van der Waals surface area contributed by atoms with Crippen LogP contribution in [0.2, 0.25) is 0 Å². The van der Waals surface area contributed by atoms with Crippen LogP contribution >= 0.6 is 11.3 Å². The molecular formula is C11H12F2N2OS. The summed E-state index contributed by atoms with van der Waals surface area (Å²) in [4.78, 5) is 4.31. The van der Waals surface area contributed by atoms with Gasteiger partial charge in [0.05, 0.1) is 16.8 Å². The van der Waals surface area contributed by atoms with Crippen molar-refractivity contribution in [2.24, 2.45) is 0 Å². The summed E-state index contributed by atoms with van der Waals surface area (Å²) in [6.45, 7) is -1.39. The Hall–Kier alpha value is -1.11. The van der Waals surface area contributed by atoms with Crippen LogP contribution in [-0.2, 0) is 6.54 Å². The summed E-state index contributed by atoms with van der Waals surface area (Å²) in [6, 6.07) is 7.63. The van der Waals surface area contributed by atoms with Gasteiger partial charge in [0.2, 0.25) is 0 Å². The SMILES string of the molecule is OCC(F)(F)CNCc1nc2ccccc2s1. The third-order valence-corrected chi connectivity index (χ3v) is 3.27. The third kappa shape index (κ3) is 3.18. The van der Waals surface area contributed by atoms with E-state index in [2.05, 4.69) is 10.3 Å². The summed E-state index contributed by atoms with van der Waals surface area (Å²) in [5, 5.41) is 11.8. The molecule has 2 rings (SSSR count). The molecule has 2 aromatic rings. The number of rotatable bonds is 5. The fraction of sp³-hybridized carbons (Fsp3) is 0.364. The van der Waals surface area contributed by atoms with Gasteiger partial charge in [-0.25, -0.2) is 13.8 Å². The Morgan fingerprint density at radius 3 is 2.82 bits per heavy atom. The molecule has 2 N–H and O–H groups in total. The number of hydrogen-bond acceptors (Lipinski definition) is 4. The fourth-order valence-corrected chi connectivity index (χ4v) is 2.34. The van der Waals surface area contributed by atoms with E-state index in [1.807, 2.05) is 24.3 Å². The highest BCUT2D eigenvalue weighted by atomic mass is 32.1. The quantitative estimate of drug-likeness (QED) is 0.862. The second kappa shape index (κ2) is 5.03. The summed E-state index contributed by atoms with van der Waals surface area (Å²) in [6.07, 6.45) is 0. The molecule has 1 aromatic carbocycles. The zero-order valence-corrected chi connectivity index (χ0v) is 9.81.